The van der Waals surface area contributed by atoms with E-state index in [9.17, 15) is 4.39 Å². The van der Waals surface area contributed by atoms with Crippen LogP contribution in [0.15, 0.2) is 10.7 Å². The van der Waals surface area contributed by atoms with Gasteiger partial charge in [-0.25, -0.2) is 4.39 Å². The van der Waals surface area contributed by atoms with E-state index in [1.807, 2.05) is 0 Å². The maximum Gasteiger partial charge on any atom is 0.230 e. The molecule has 0 saturated carbocycles. The quantitative estimate of drug-likeness (QED) is 0.924. The van der Waals surface area contributed by atoms with Crippen LogP contribution in [-0.2, 0) is 0 Å². The van der Waals surface area contributed by atoms with Gasteiger partial charge in [0, 0.05) is 11.1 Å². The van der Waals surface area contributed by atoms with E-state index in [0.29, 0.717) is 33.8 Å². The van der Waals surface area contributed by atoms with Crippen LogP contribution in [0.2, 0.25) is 0 Å². The molecule has 0 radical (unpaired) electrons. The molecule has 19 heavy (non-hydrogen) atoms. The van der Waals surface area contributed by atoms with Gasteiger partial charge in [-0.05, 0) is 19.4 Å². The van der Waals surface area contributed by atoms with Crippen molar-refractivity contribution in [2.45, 2.75) is 13.8 Å². The van der Waals surface area contributed by atoms with Gasteiger partial charge in [0.05, 0.1) is 26.0 Å². The van der Waals surface area contributed by atoms with E-state index in [2.05, 4.69) is 5.16 Å². The van der Waals surface area contributed by atoms with Gasteiger partial charge in [-0.1, -0.05) is 5.16 Å². The van der Waals surface area contributed by atoms with Gasteiger partial charge in [-0.2, -0.15) is 0 Å². The van der Waals surface area contributed by atoms with Crippen LogP contribution >= 0.6 is 0 Å². The van der Waals surface area contributed by atoms with Crippen molar-refractivity contribution in [2.75, 3.05) is 20.0 Å². The number of nitrogens with two attached hydrogens (primary N) is 1. The lowest BCUT2D eigenvalue weighted by molar-refractivity contribution is 0.350. The first-order valence-corrected chi connectivity index (χ1v) is 5.64. The zero-order valence-electron chi connectivity index (χ0n) is 11.2. The summed E-state index contributed by atoms with van der Waals surface area (Å²) in [7, 11) is 2.95. The molecule has 2 aromatic rings. The Hall–Kier alpha value is -2.24. The molecule has 1 aromatic heterocycles. The Morgan fingerprint density at radius 2 is 1.79 bits per heavy atom. The van der Waals surface area contributed by atoms with Crippen molar-refractivity contribution in [1.82, 2.24) is 5.16 Å². The molecule has 1 aromatic carbocycles. The number of nitrogen functional groups attached to an aromatic ring is 1. The van der Waals surface area contributed by atoms with E-state index in [1.165, 1.54) is 20.4 Å². The fraction of sp³-hybridized carbons (Fsp3) is 0.308. The minimum atomic E-state index is -0.367. The molecule has 0 aliphatic rings. The minimum absolute atomic E-state index is 0.103. The molecule has 0 amide bonds. The molecular weight excluding hydrogens is 251 g/mol. The highest BCUT2D eigenvalue weighted by molar-refractivity contribution is 5.83. The Labute approximate surface area is 110 Å². The number of ether oxygens (including phenoxy) is 2. The molecule has 0 bridgehead atoms. The predicted molar refractivity (Wildman–Crippen MR) is 68.9 cm³/mol. The monoisotopic (exact) mass is 266 g/mol. The molecule has 0 fully saturated rings. The topological polar surface area (TPSA) is 70.5 Å². The van der Waals surface area contributed by atoms with Gasteiger partial charge in [0.1, 0.15) is 5.82 Å². The summed E-state index contributed by atoms with van der Waals surface area (Å²) in [4.78, 5) is 0. The van der Waals surface area contributed by atoms with E-state index in [4.69, 9.17) is 19.7 Å². The van der Waals surface area contributed by atoms with E-state index in [1.54, 1.807) is 13.8 Å². The highest BCUT2D eigenvalue weighted by Gasteiger charge is 2.25. The summed E-state index contributed by atoms with van der Waals surface area (Å²) in [5.41, 5.74) is 7.45. The second kappa shape index (κ2) is 4.79. The van der Waals surface area contributed by atoms with Gasteiger partial charge in [0.2, 0.25) is 5.88 Å². The van der Waals surface area contributed by atoms with E-state index >= 15 is 0 Å². The summed E-state index contributed by atoms with van der Waals surface area (Å²) in [5.74, 6) is 0.481. The standard InChI is InChI=1S/C13H15FN2O3/c1-6-9(8-5-16-19-13(8)15)12(18-4)11(17-3)7(2)10(6)14/h5H,15H2,1-4H3. The third-order valence-corrected chi connectivity index (χ3v) is 3.08. The van der Waals surface area contributed by atoms with Crippen molar-refractivity contribution in [1.29, 1.82) is 0 Å². The Morgan fingerprint density at radius 1 is 1.16 bits per heavy atom. The molecule has 1 heterocycles. The minimum Gasteiger partial charge on any atom is -0.492 e. The number of hydrogen-bond donors (Lipinski definition) is 1. The number of methoxy groups -OCH3 is 2. The Kier molecular flexibility index (Phi) is 3.33. The zero-order valence-corrected chi connectivity index (χ0v) is 11.2. The fourth-order valence-electron chi connectivity index (χ4n) is 2.15. The first-order chi connectivity index (χ1) is 9.02. The average Bonchev–Trinajstić information content (AvgIpc) is 2.81. The summed E-state index contributed by atoms with van der Waals surface area (Å²) in [6.45, 7) is 3.27. The lowest BCUT2D eigenvalue weighted by atomic mass is 9.97. The third kappa shape index (κ3) is 1.89. The van der Waals surface area contributed by atoms with Gasteiger partial charge < -0.3 is 19.7 Å². The van der Waals surface area contributed by atoms with Crippen LogP contribution in [0.1, 0.15) is 11.1 Å². The molecule has 102 valence electrons. The van der Waals surface area contributed by atoms with Crippen molar-refractivity contribution in [3.8, 4) is 22.6 Å². The van der Waals surface area contributed by atoms with Crippen LogP contribution in [0.25, 0.3) is 11.1 Å². The van der Waals surface area contributed by atoms with Gasteiger partial charge in [0.15, 0.2) is 11.5 Å². The van der Waals surface area contributed by atoms with Gasteiger partial charge in [0.25, 0.3) is 0 Å². The molecule has 0 spiro atoms. The lowest BCUT2D eigenvalue weighted by Gasteiger charge is -2.18. The van der Waals surface area contributed by atoms with Crippen LogP contribution in [0, 0.1) is 19.7 Å². The van der Waals surface area contributed by atoms with Crippen LogP contribution < -0.4 is 15.2 Å². The number of anilines is 1. The van der Waals surface area contributed by atoms with Crippen molar-refractivity contribution in [3.63, 3.8) is 0 Å². The molecule has 2 N–H and O–H groups in total. The summed E-state index contributed by atoms with van der Waals surface area (Å²) >= 11 is 0. The molecule has 0 aliphatic carbocycles. The summed E-state index contributed by atoms with van der Waals surface area (Å²) in [5, 5.41) is 3.60. The van der Waals surface area contributed by atoms with Crippen LogP contribution in [0.5, 0.6) is 11.5 Å². The average molecular weight is 266 g/mol. The predicted octanol–water partition coefficient (Wildman–Crippen LogP) is 2.70. The van der Waals surface area contributed by atoms with Crippen molar-refractivity contribution >= 4 is 5.88 Å². The first-order valence-electron chi connectivity index (χ1n) is 5.64. The van der Waals surface area contributed by atoms with Crippen molar-refractivity contribution < 1.29 is 18.4 Å². The lowest BCUT2D eigenvalue weighted by Crippen LogP contribution is -2.02. The smallest absolute Gasteiger partial charge is 0.230 e. The molecule has 6 heteroatoms. The highest BCUT2D eigenvalue weighted by Crippen LogP contribution is 2.45. The molecule has 5 nitrogen and oxygen atoms in total. The zero-order chi connectivity index (χ0) is 14.2. The molecular formula is C13H15FN2O3. The maximum atomic E-state index is 14.3. The second-order valence-corrected chi connectivity index (χ2v) is 4.11. The van der Waals surface area contributed by atoms with Crippen molar-refractivity contribution in [2.24, 2.45) is 0 Å². The summed E-state index contributed by atoms with van der Waals surface area (Å²) < 4.78 is 29.6. The van der Waals surface area contributed by atoms with Crippen molar-refractivity contribution in [3.05, 3.63) is 23.1 Å². The number of nitrogens with zero attached hydrogens (tertiary/aromatic N) is 1. The number of halogens is 1. The fourth-order valence-corrected chi connectivity index (χ4v) is 2.15. The van der Waals surface area contributed by atoms with Gasteiger partial charge in [-0.15, -0.1) is 0 Å². The van der Waals surface area contributed by atoms with Crippen LogP contribution in [0.4, 0.5) is 10.3 Å². The maximum absolute atomic E-state index is 14.3. The Bertz CT molecular complexity index is 623. The van der Waals surface area contributed by atoms with E-state index in [-0.39, 0.29) is 11.7 Å². The van der Waals surface area contributed by atoms with E-state index in [0.717, 1.165) is 0 Å². The number of benzene rings is 1. The highest BCUT2D eigenvalue weighted by atomic mass is 19.1. The number of aromatic nitrogens is 1. The molecule has 0 saturated heterocycles. The largest absolute Gasteiger partial charge is 0.492 e. The number of hydrogen-bond acceptors (Lipinski definition) is 5. The summed E-state index contributed by atoms with van der Waals surface area (Å²) in [6, 6.07) is 0. The normalized spacial score (nSPS) is 10.6. The van der Waals surface area contributed by atoms with Crippen LogP contribution in [-0.4, -0.2) is 19.4 Å². The van der Waals surface area contributed by atoms with Gasteiger partial charge in [-0.3, -0.25) is 0 Å². The van der Waals surface area contributed by atoms with Crippen LogP contribution in [0.3, 0.4) is 0 Å². The third-order valence-electron chi connectivity index (χ3n) is 3.08. The van der Waals surface area contributed by atoms with Gasteiger partial charge >= 0.3 is 0 Å². The summed E-state index contributed by atoms with van der Waals surface area (Å²) in [6.07, 6.45) is 1.42. The molecule has 0 aliphatic heterocycles. The number of rotatable bonds is 3. The Morgan fingerprint density at radius 3 is 2.26 bits per heavy atom. The SMILES string of the molecule is COc1c(C)c(F)c(C)c(-c2cnoc2N)c1OC. The van der Waals surface area contributed by atoms with E-state index < -0.39 is 0 Å². The second-order valence-electron chi connectivity index (χ2n) is 4.11. The Balaban J connectivity index is 2.87. The molecule has 2 rings (SSSR count). The molecule has 0 atom stereocenters. The first kappa shape index (κ1) is 13.2. The molecule has 0 unspecified atom stereocenters.